The van der Waals surface area contributed by atoms with Gasteiger partial charge in [0.1, 0.15) is 0 Å². The summed E-state index contributed by atoms with van der Waals surface area (Å²) < 4.78 is 9.30. The molecule has 0 aromatic heterocycles. The molecule has 108 valence electrons. The summed E-state index contributed by atoms with van der Waals surface area (Å²) >= 11 is 0. The molecule has 0 radical (unpaired) electrons. The van der Waals surface area contributed by atoms with E-state index in [1.807, 2.05) is 36.5 Å². The predicted octanol–water partition coefficient (Wildman–Crippen LogP) is 1.35. The van der Waals surface area contributed by atoms with E-state index in [1.165, 1.54) is 0 Å². The lowest BCUT2D eigenvalue weighted by molar-refractivity contribution is -0.147. The molecule has 0 saturated heterocycles. The Balaban J connectivity index is 2.35. The second kappa shape index (κ2) is 7.93. The Labute approximate surface area is 117 Å². The number of nitrogens with one attached hydrogen (secondary N) is 1. The van der Waals surface area contributed by atoms with Crippen LogP contribution < -0.4 is 5.32 Å². The van der Waals surface area contributed by atoms with Gasteiger partial charge in [0.05, 0.1) is 13.0 Å². The molecule has 6 nitrogen and oxygen atoms in total. The van der Waals surface area contributed by atoms with Crippen LogP contribution in [0.2, 0.25) is 0 Å². The number of hydrogen-bond donors (Lipinski definition) is 1. The minimum atomic E-state index is -0.854. The average Bonchev–Trinajstić information content (AvgIpc) is 2.39. The molecular formula is C14H17NO5. The average molecular weight is 279 g/mol. The van der Waals surface area contributed by atoms with Gasteiger partial charge in [-0.2, -0.15) is 0 Å². The molecule has 0 unspecified atom stereocenters. The molecule has 0 aliphatic heterocycles. The fraction of sp³-hybridized carbons (Fsp3) is 0.357. The van der Waals surface area contributed by atoms with Gasteiger partial charge in [-0.05, 0) is 25.0 Å². The van der Waals surface area contributed by atoms with Crippen LogP contribution in [0.15, 0.2) is 24.3 Å². The molecule has 1 rings (SSSR count). The van der Waals surface area contributed by atoms with Crippen LogP contribution >= 0.6 is 0 Å². The number of benzene rings is 1. The van der Waals surface area contributed by atoms with Crippen molar-refractivity contribution in [2.24, 2.45) is 0 Å². The second-order valence-corrected chi connectivity index (χ2v) is 4.03. The van der Waals surface area contributed by atoms with Gasteiger partial charge in [0.2, 0.25) is 0 Å². The zero-order valence-electron chi connectivity index (χ0n) is 11.5. The number of alkyl carbamates (subject to hydrolysis) is 1. The molecule has 0 saturated carbocycles. The summed E-state index contributed by atoms with van der Waals surface area (Å²) in [5, 5.41) is 1.93. The summed E-state index contributed by atoms with van der Waals surface area (Å²) in [5.41, 5.74) is 1.81. The van der Waals surface area contributed by atoms with Crippen molar-refractivity contribution >= 4 is 18.0 Å². The highest BCUT2D eigenvalue weighted by molar-refractivity contribution is 5.93. The molecule has 0 heterocycles. The zero-order chi connectivity index (χ0) is 15.0. The largest absolute Gasteiger partial charge is 0.455 e. The van der Waals surface area contributed by atoms with Gasteiger partial charge < -0.3 is 9.47 Å². The van der Waals surface area contributed by atoms with Crippen LogP contribution in [0.1, 0.15) is 18.1 Å². The molecule has 6 heteroatoms. The Bertz CT molecular complexity index is 498. The minimum Gasteiger partial charge on any atom is -0.455 e. The number of esters is 1. The highest BCUT2D eigenvalue weighted by Gasteiger charge is 2.12. The summed E-state index contributed by atoms with van der Waals surface area (Å²) in [7, 11) is 0. The number of carbonyl (C=O) groups excluding carboxylic acids is 3. The Morgan fingerprint density at radius 2 is 1.85 bits per heavy atom. The van der Waals surface area contributed by atoms with Gasteiger partial charge in [-0.3, -0.25) is 14.9 Å². The highest BCUT2D eigenvalue weighted by atomic mass is 16.6. The van der Waals surface area contributed by atoms with Crippen LogP contribution in [0, 0.1) is 6.92 Å². The molecule has 1 aromatic carbocycles. The molecule has 20 heavy (non-hydrogen) atoms. The van der Waals surface area contributed by atoms with Crippen molar-refractivity contribution in [1.29, 1.82) is 0 Å². The van der Waals surface area contributed by atoms with Gasteiger partial charge in [-0.25, -0.2) is 4.79 Å². The minimum absolute atomic E-state index is 0.0827. The summed E-state index contributed by atoms with van der Waals surface area (Å²) in [6.45, 7) is 3.15. The highest BCUT2D eigenvalue weighted by Crippen LogP contribution is 2.08. The first-order valence-electron chi connectivity index (χ1n) is 6.19. The molecule has 1 N–H and O–H groups in total. The summed E-state index contributed by atoms with van der Waals surface area (Å²) in [5.74, 6) is -1.25. The summed E-state index contributed by atoms with van der Waals surface area (Å²) in [6, 6.07) is 7.39. The standard InChI is InChI=1S/C14H17NO5/c1-3-19-14(18)15-12(16)9-20-13(17)8-11-7-5-4-6-10(11)2/h4-7H,3,8-9H2,1-2H3,(H,15,16,18). The number of imide groups is 1. The van der Waals surface area contributed by atoms with Gasteiger partial charge in [0.15, 0.2) is 6.61 Å². The van der Waals surface area contributed by atoms with Gasteiger partial charge in [0, 0.05) is 0 Å². The number of carbonyl (C=O) groups is 3. The number of amides is 2. The molecule has 0 aliphatic rings. The van der Waals surface area contributed by atoms with E-state index in [2.05, 4.69) is 4.74 Å². The van der Waals surface area contributed by atoms with Crippen molar-refractivity contribution in [3.63, 3.8) is 0 Å². The third-order valence-corrected chi connectivity index (χ3v) is 2.48. The second-order valence-electron chi connectivity index (χ2n) is 4.03. The third-order valence-electron chi connectivity index (χ3n) is 2.48. The molecule has 0 atom stereocenters. The van der Waals surface area contributed by atoms with Gasteiger partial charge in [0.25, 0.3) is 5.91 Å². The van der Waals surface area contributed by atoms with E-state index in [0.29, 0.717) is 0 Å². The van der Waals surface area contributed by atoms with Gasteiger partial charge >= 0.3 is 12.1 Å². The lowest BCUT2D eigenvalue weighted by Gasteiger charge is -2.07. The summed E-state index contributed by atoms with van der Waals surface area (Å²) in [4.78, 5) is 33.8. The van der Waals surface area contributed by atoms with E-state index in [1.54, 1.807) is 6.92 Å². The number of ether oxygens (including phenoxy) is 2. The third kappa shape index (κ3) is 5.51. The first kappa shape index (κ1) is 15.7. The van der Waals surface area contributed by atoms with Gasteiger partial charge in [-0.1, -0.05) is 24.3 Å². The van der Waals surface area contributed by atoms with Crippen LogP contribution in [0.25, 0.3) is 0 Å². The maximum Gasteiger partial charge on any atom is 0.413 e. The van der Waals surface area contributed by atoms with Gasteiger partial charge in [-0.15, -0.1) is 0 Å². The van der Waals surface area contributed by atoms with Crippen molar-refractivity contribution in [3.05, 3.63) is 35.4 Å². The van der Waals surface area contributed by atoms with Crippen LogP contribution in [-0.2, 0) is 25.5 Å². The normalized spacial score (nSPS) is 9.70. The first-order valence-corrected chi connectivity index (χ1v) is 6.19. The number of rotatable bonds is 5. The van der Waals surface area contributed by atoms with Crippen LogP contribution in [0.5, 0.6) is 0 Å². The zero-order valence-corrected chi connectivity index (χ0v) is 11.5. The predicted molar refractivity (Wildman–Crippen MR) is 71.0 cm³/mol. The molecule has 0 spiro atoms. The van der Waals surface area contributed by atoms with Crippen molar-refractivity contribution in [2.45, 2.75) is 20.3 Å². The smallest absolute Gasteiger partial charge is 0.413 e. The lowest BCUT2D eigenvalue weighted by Crippen LogP contribution is -2.34. The van der Waals surface area contributed by atoms with E-state index < -0.39 is 24.6 Å². The molecule has 1 aromatic rings. The van der Waals surface area contributed by atoms with Crippen molar-refractivity contribution in [2.75, 3.05) is 13.2 Å². The van der Waals surface area contributed by atoms with E-state index in [0.717, 1.165) is 11.1 Å². The first-order chi connectivity index (χ1) is 9.52. The molecular weight excluding hydrogens is 262 g/mol. The Morgan fingerprint density at radius 1 is 1.15 bits per heavy atom. The fourth-order valence-electron chi connectivity index (χ4n) is 1.48. The Kier molecular flexibility index (Phi) is 6.22. The maximum atomic E-state index is 11.6. The van der Waals surface area contributed by atoms with Crippen molar-refractivity contribution in [3.8, 4) is 0 Å². The summed E-state index contributed by atoms with van der Waals surface area (Å²) in [6.07, 6.45) is -0.772. The quantitative estimate of drug-likeness (QED) is 0.823. The molecule has 0 fully saturated rings. The van der Waals surface area contributed by atoms with E-state index in [4.69, 9.17) is 4.74 Å². The molecule has 2 amide bonds. The monoisotopic (exact) mass is 279 g/mol. The SMILES string of the molecule is CCOC(=O)NC(=O)COC(=O)Cc1ccccc1C. The fourth-order valence-corrected chi connectivity index (χ4v) is 1.48. The van der Waals surface area contributed by atoms with Crippen LogP contribution in [0.4, 0.5) is 4.79 Å². The van der Waals surface area contributed by atoms with Crippen molar-refractivity contribution < 1.29 is 23.9 Å². The lowest BCUT2D eigenvalue weighted by atomic mass is 10.1. The topological polar surface area (TPSA) is 81.7 Å². The van der Waals surface area contributed by atoms with Crippen molar-refractivity contribution in [1.82, 2.24) is 5.32 Å². The van der Waals surface area contributed by atoms with Crippen LogP contribution in [-0.4, -0.2) is 31.2 Å². The molecule has 0 aliphatic carbocycles. The Morgan fingerprint density at radius 3 is 2.50 bits per heavy atom. The maximum absolute atomic E-state index is 11.6. The van der Waals surface area contributed by atoms with E-state index in [-0.39, 0.29) is 13.0 Å². The number of hydrogen-bond acceptors (Lipinski definition) is 5. The van der Waals surface area contributed by atoms with E-state index in [9.17, 15) is 14.4 Å². The number of aryl methyl sites for hydroxylation is 1. The molecule has 0 bridgehead atoms. The Hall–Kier alpha value is -2.37. The van der Waals surface area contributed by atoms with E-state index >= 15 is 0 Å². The van der Waals surface area contributed by atoms with Crippen LogP contribution in [0.3, 0.4) is 0 Å².